The van der Waals surface area contributed by atoms with Crippen LogP contribution in [0.25, 0.3) is 0 Å². The van der Waals surface area contributed by atoms with Crippen molar-refractivity contribution in [2.24, 2.45) is 5.92 Å². The Labute approximate surface area is 151 Å². The van der Waals surface area contributed by atoms with E-state index in [-0.39, 0.29) is 23.7 Å². The third-order valence-corrected chi connectivity index (χ3v) is 5.27. The summed E-state index contributed by atoms with van der Waals surface area (Å²) < 4.78 is 2.02. The molecule has 140 valence electrons. The molecule has 1 aromatic heterocycles. The first-order valence-electron chi connectivity index (χ1n) is 9.99. The van der Waals surface area contributed by atoms with E-state index in [9.17, 15) is 9.59 Å². The molecule has 0 saturated carbocycles. The first-order valence-corrected chi connectivity index (χ1v) is 9.99. The lowest BCUT2D eigenvalue weighted by molar-refractivity contribution is -0.141. The minimum atomic E-state index is -0.242. The van der Waals surface area contributed by atoms with Crippen LogP contribution in [0.1, 0.15) is 71.6 Å². The van der Waals surface area contributed by atoms with Gasteiger partial charge in [-0.05, 0) is 19.3 Å². The second kappa shape index (κ2) is 10.4. The Morgan fingerprint density at radius 3 is 2.32 bits per heavy atom. The Bertz CT molecular complexity index is 527. The highest BCUT2D eigenvalue weighted by molar-refractivity contribution is 6.39. The van der Waals surface area contributed by atoms with Crippen LogP contribution in [-0.4, -0.2) is 38.7 Å². The average Bonchev–Trinajstić information content (AvgIpc) is 3.20. The zero-order chi connectivity index (χ0) is 18.1. The third-order valence-electron chi connectivity index (χ3n) is 5.27. The van der Waals surface area contributed by atoms with Crippen LogP contribution in [0.5, 0.6) is 0 Å². The number of unbranched alkanes of at least 4 members (excludes halogenated alkanes) is 4. The predicted molar refractivity (Wildman–Crippen MR) is 99.1 cm³/mol. The molecule has 1 amide bonds. The number of rotatable bonds is 12. The van der Waals surface area contributed by atoms with E-state index < -0.39 is 0 Å². The highest BCUT2D eigenvalue weighted by Gasteiger charge is 2.45. The Morgan fingerprint density at radius 2 is 1.68 bits per heavy atom. The van der Waals surface area contributed by atoms with E-state index in [0.29, 0.717) is 6.54 Å². The van der Waals surface area contributed by atoms with Gasteiger partial charge >= 0.3 is 0 Å². The molecule has 25 heavy (non-hydrogen) atoms. The van der Waals surface area contributed by atoms with E-state index in [1.165, 1.54) is 6.42 Å². The van der Waals surface area contributed by atoms with E-state index in [1.54, 1.807) is 12.5 Å². The van der Waals surface area contributed by atoms with Gasteiger partial charge in [-0.3, -0.25) is 9.59 Å². The molecule has 1 fully saturated rings. The van der Waals surface area contributed by atoms with Crippen LogP contribution < -0.4 is 0 Å². The summed E-state index contributed by atoms with van der Waals surface area (Å²) >= 11 is 0. The Balaban J connectivity index is 1.96. The maximum absolute atomic E-state index is 12.5. The number of Topliss-reactive ketones (excluding diaryl/α,β-unsaturated/α-hetero) is 1. The van der Waals surface area contributed by atoms with Crippen molar-refractivity contribution < 1.29 is 9.59 Å². The molecule has 0 radical (unpaired) electrons. The predicted octanol–water partition coefficient (Wildman–Crippen LogP) is 3.83. The molecule has 0 bridgehead atoms. The number of aryl methyl sites for hydroxylation is 1. The monoisotopic (exact) mass is 347 g/mol. The summed E-state index contributed by atoms with van der Waals surface area (Å²) in [6, 6.07) is 0.117. The second-order valence-corrected chi connectivity index (χ2v) is 7.18. The van der Waals surface area contributed by atoms with E-state index in [1.807, 2.05) is 15.7 Å². The van der Waals surface area contributed by atoms with Gasteiger partial charge in [-0.2, -0.15) is 0 Å². The standard InChI is InChI=1S/C20H33N3O2/c1-3-5-7-10-17-18(11-8-6-4-2)23(20(25)19(17)24)14-9-13-22-15-12-21-16-22/h12,15-18H,3-11,13-14H2,1-2H3. The summed E-state index contributed by atoms with van der Waals surface area (Å²) in [5.74, 6) is -0.460. The Kier molecular flexibility index (Phi) is 8.16. The lowest BCUT2D eigenvalue weighted by atomic mass is 9.89. The molecule has 2 heterocycles. The van der Waals surface area contributed by atoms with Crippen molar-refractivity contribution in [3.63, 3.8) is 0 Å². The van der Waals surface area contributed by atoms with Crippen molar-refractivity contribution >= 4 is 11.7 Å². The maximum atomic E-state index is 12.5. The Morgan fingerprint density at radius 1 is 0.960 bits per heavy atom. The SMILES string of the molecule is CCCCCC1C(=O)C(=O)N(CCCn2ccnc2)C1CCCCC. The maximum Gasteiger partial charge on any atom is 0.290 e. The van der Waals surface area contributed by atoms with E-state index in [4.69, 9.17) is 0 Å². The highest BCUT2D eigenvalue weighted by atomic mass is 16.2. The molecule has 2 atom stereocenters. The number of nitrogens with zero attached hydrogens (tertiary/aromatic N) is 3. The Hall–Kier alpha value is -1.65. The fourth-order valence-electron chi connectivity index (χ4n) is 3.85. The van der Waals surface area contributed by atoms with Crippen molar-refractivity contribution in [3.05, 3.63) is 18.7 Å². The molecule has 1 aromatic rings. The van der Waals surface area contributed by atoms with Crippen LogP contribution in [0.3, 0.4) is 0 Å². The molecule has 1 aliphatic rings. The topological polar surface area (TPSA) is 55.2 Å². The molecule has 0 spiro atoms. The van der Waals surface area contributed by atoms with Crippen molar-refractivity contribution in [1.82, 2.24) is 14.5 Å². The number of hydrogen-bond donors (Lipinski definition) is 0. The minimum absolute atomic E-state index is 0.0795. The van der Waals surface area contributed by atoms with Gasteiger partial charge in [-0.15, -0.1) is 0 Å². The normalized spacial score (nSPS) is 20.6. The van der Waals surface area contributed by atoms with Crippen LogP contribution in [0.15, 0.2) is 18.7 Å². The van der Waals surface area contributed by atoms with Crippen molar-refractivity contribution in [2.75, 3.05) is 6.54 Å². The number of carbonyl (C=O) groups is 2. The quantitative estimate of drug-likeness (QED) is 0.426. The summed E-state index contributed by atoms with van der Waals surface area (Å²) in [6.45, 7) is 5.86. The van der Waals surface area contributed by atoms with E-state index >= 15 is 0 Å². The van der Waals surface area contributed by atoms with E-state index in [0.717, 1.165) is 57.9 Å². The lowest BCUT2D eigenvalue weighted by Crippen LogP contribution is -2.36. The van der Waals surface area contributed by atoms with Crippen LogP contribution in [0.2, 0.25) is 0 Å². The number of amides is 1. The number of aromatic nitrogens is 2. The molecule has 2 unspecified atom stereocenters. The van der Waals surface area contributed by atoms with Gasteiger partial charge in [0.15, 0.2) is 0 Å². The zero-order valence-corrected chi connectivity index (χ0v) is 15.8. The van der Waals surface area contributed by atoms with Crippen LogP contribution in [0, 0.1) is 5.92 Å². The van der Waals surface area contributed by atoms with Crippen LogP contribution in [-0.2, 0) is 16.1 Å². The first-order chi connectivity index (χ1) is 12.2. The molecular formula is C20H33N3O2. The smallest absolute Gasteiger partial charge is 0.290 e. The van der Waals surface area contributed by atoms with Crippen molar-refractivity contribution in [2.45, 2.75) is 84.2 Å². The molecule has 2 rings (SSSR count). The molecule has 5 nitrogen and oxygen atoms in total. The first kappa shape index (κ1) is 19.7. The molecule has 1 aliphatic heterocycles. The van der Waals surface area contributed by atoms with E-state index in [2.05, 4.69) is 18.8 Å². The largest absolute Gasteiger partial charge is 0.337 e. The van der Waals surface area contributed by atoms with Crippen molar-refractivity contribution in [1.29, 1.82) is 0 Å². The molecule has 0 aromatic carbocycles. The van der Waals surface area contributed by atoms with Gasteiger partial charge in [0.2, 0.25) is 5.78 Å². The fourth-order valence-corrected chi connectivity index (χ4v) is 3.85. The number of imidazole rings is 1. The zero-order valence-electron chi connectivity index (χ0n) is 15.8. The summed E-state index contributed by atoms with van der Waals surface area (Å²) in [5, 5.41) is 0. The van der Waals surface area contributed by atoms with Gasteiger partial charge in [-0.25, -0.2) is 4.98 Å². The number of likely N-dealkylation sites (tertiary alicyclic amines) is 1. The number of hydrogen-bond acceptors (Lipinski definition) is 3. The molecule has 0 N–H and O–H groups in total. The average molecular weight is 348 g/mol. The molecule has 5 heteroatoms. The fraction of sp³-hybridized carbons (Fsp3) is 0.750. The highest BCUT2D eigenvalue weighted by Crippen LogP contribution is 2.31. The van der Waals surface area contributed by atoms with Gasteiger partial charge in [-0.1, -0.05) is 52.4 Å². The summed E-state index contributed by atoms with van der Waals surface area (Å²) in [6.07, 6.45) is 15.0. The number of carbonyl (C=O) groups excluding carboxylic acids is 2. The lowest BCUT2D eigenvalue weighted by Gasteiger charge is -2.27. The summed E-state index contributed by atoms with van der Waals surface area (Å²) in [4.78, 5) is 31.0. The third kappa shape index (κ3) is 5.41. The van der Waals surface area contributed by atoms with Gasteiger partial charge in [0.05, 0.1) is 6.33 Å². The second-order valence-electron chi connectivity index (χ2n) is 7.18. The van der Waals surface area contributed by atoms with Gasteiger partial charge < -0.3 is 9.47 Å². The summed E-state index contributed by atoms with van der Waals surface area (Å²) in [5.41, 5.74) is 0. The van der Waals surface area contributed by atoms with Crippen LogP contribution >= 0.6 is 0 Å². The van der Waals surface area contributed by atoms with Crippen LogP contribution in [0.4, 0.5) is 0 Å². The minimum Gasteiger partial charge on any atom is -0.337 e. The van der Waals surface area contributed by atoms with Gasteiger partial charge in [0.1, 0.15) is 0 Å². The molecule has 1 saturated heterocycles. The van der Waals surface area contributed by atoms with Gasteiger partial charge in [0.25, 0.3) is 5.91 Å². The van der Waals surface area contributed by atoms with Gasteiger partial charge in [0, 0.05) is 37.4 Å². The molecular weight excluding hydrogens is 314 g/mol. The van der Waals surface area contributed by atoms with Crippen molar-refractivity contribution in [3.8, 4) is 0 Å². The summed E-state index contributed by atoms with van der Waals surface area (Å²) in [7, 11) is 0. The molecule has 0 aliphatic carbocycles. The number of ketones is 1.